The number of carboxylic acid groups (broad SMARTS) is 2. The van der Waals surface area contributed by atoms with E-state index in [1.54, 1.807) is 25.7 Å². The Morgan fingerprint density at radius 2 is 1.16 bits per heavy atom. The standard InChI is InChI=1S/C30H51N5O9/c1-7-18(6)25(34-26(39)19(8-2)9-3)29(42)32-20(15-23(36)35-12-10-11-13-35)27(40)31-21(16-24(37)38)28(41)33-22(30(43)44)14-17(4)5/h17-22,25H,7-16H2,1-6H3,(H,31,40)(H,32,42)(H,33,41)(H,34,39)(H,37,38)(H,43,44). The number of hydrogen-bond acceptors (Lipinski definition) is 7. The van der Waals surface area contributed by atoms with Crippen molar-refractivity contribution in [2.75, 3.05) is 13.1 Å². The van der Waals surface area contributed by atoms with E-state index in [-0.39, 0.29) is 30.1 Å². The van der Waals surface area contributed by atoms with Crippen LogP contribution < -0.4 is 21.3 Å². The second kappa shape index (κ2) is 18.8. The van der Waals surface area contributed by atoms with Crippen LogP contribution in [0.2, 0.25) is 0 Å². The molecule has 14 nitrogen and oxygen atoms in total. The molecule has 0 aromatic heterocycles. The van der Waals surface area contributed by atoms with Gasteiger partial charge < -0.3 is 36.4 Å². The van der Waals surface area contributed by atoms with Gasteiger partial charge in [-0.1, -0.05) is 48.0 Å². The van der Waals surface area contributed by atoms with Gasteiger partial charge in [-0.3, -0.25) is 28.8 Å². The molecule has 5 unspecified atom stereocenters. The van der Waals surface area contributed by atoms with Gasteiger partial charge in [-0.25, -0.2) is 4.79 Å². The van der Waals surface area contributed by atoms with Gasteiger partial charge in [0.1, 0.15) is 24.2 Å². The SMILES string of the molecule is CCC(CC)C(=O)NC(C(=O)NC(CC(=O)N1CCCC1)C(=O)NC(CC(=O)O)C(=O)NC(CC(C)C)C(=O)O)C(C)CC. The maximum absolute atomic E-state index is 13.5. The number of nitrogens with zero attached hydrogens (tertiary/aromatic N) is 1. The average molecular weight is 626 g/mol. The number of carbonyl (C=O) groups excluding carboxylic acids is 5. The van der Waals surface area contributed by atoms with Crippen molar-refractivity contribution in [2.45, 2.75) is 117 Å². The van der Waals surface area contributed by atoms with E-state index >= 15 is 0 Å². The number of likely N-dealkylation sites (tertiary alicyclic amines) is 1. The first-order chi connectivity index (χ1) is 20.6. The fourth-order valence-electron chi connectivity index (χ4n) is 4.99. The molecule has 5 atom stereocenters. The van der Waals surface area contributed by atoms with Crippen molar-refractivity contribution in [2.24, 2.45) is 17.8 Å². The van der Waals surface area contributed by atoms with Crippen LogP contribution in [0.1, 0.15) is 92.9 Å². The van der Waals surface area contributed by atoms with Crippen LogP contribution in [0.25, 0.3) is 0 Å². The predicted molar refractivity (Wildman–Crippen MR) is 161 cm³/mol. The number of rotatable bonds is 19. The molecule has 1 fully saturated rings. The number of aliphatic carboxylic acids is 2. The molecule has 14 heteroatoms. The lowest BCUT2D eigenvalue weighted by atomic mass is 9.95. The molecule has 0 aromatic rings. The predicted octanol–water partition coefficient (Wildman–Crippen LogP) is 1.03. The van der Waals surface area contributed by atoms with Crippen LogP contribution in [0.4, 0.5) is 0 Å². The average Bonchev–Trinajstić information content (AvgIpc) is 3.49. The minimum Gasteiger partial charge on any atom is -0.481 e. The highest BCUT2D eigenvalue weighted by atomic mass is 16.4. The maximum Gasteiger partial charge on any atom is 0.326 e. The van der Waals surface area contributed by atoms with E-state index < -0.39 is 72.6 Å². The molecule has 0 bridgehead atoms. The maximum atomic E-state index is 13.5. The van der Waals surface area contributed by atoms with E-state index in [0.717, 1.165) is 12.8 Å². The first-order valence-corrected chi connectivity index (χ1v) is 15.6. The van der Waals surface area contributed by atoms with Crippen molar-refractivity contribution in [3.8, 4) is 0 Å². The van der Waals surface area contributed by atoms with Crippen molar-refractivity contribution in [1.29, 1.82) is 0 Å². The number of carbonyl (C=O) groups is 7. The van der Waals surface area contributed by atoms with Gasteiger partial charge in [-0.05, 0) is 43.9 Å². The normalized spacial score (nSPS) is 16.4. The third-order valence-corrected chi connectivity index (χ3v) is 7.95. The monoisotopic (exact) mass is 625 g/mol. The van der Waals surface area contributed by atoms with Crippen molar-refractivity contribution in [3.05, 3.63) is 0 Å². The molecule has 44 heavy (non-hydrogen) atoms. The quantitative estimate of drug-likeness (QED) is 0.121. The highest BCUT2D eigenvalue weighted by Gasteiger charge is 2.36. The topological polar surface area (TPSA) is 211 Å². The molecule has 1 aliphatic rings. The lowest BCUT2D eigenvalue weighted by molar-refractivity contribution is -0.144. The molecule has 0 aliphatic carbocycles. The second-order valence-corrected chi connectivity index (χ2v) is 11.9. The number of hydrogen-bond donors (Lipinski definition) is 6. The Bertz CT molecular complexity index is 1020. The molecule has 1 rings (SSSR count). The highest BCUT2D eigenvalue weighted by molar-refractivity contribution is 5.98. The van der Waals surface area contributed by atoms with Crippen LogP contribution in [-0.2, 0) is 33.6 Å². The third-order valence-electron chi connectivity index (χ3n) is 7.95. The number of amides is 5. The molecule has 0 spiro atoms. The Kier molecular flexibility index (Phi) is 16.4. The van der Waals surface area contributed by atoms with Gasteiger partial charge in [-0.2, -0.15) is 0 Å². The minimum atomic E-state index is -1.68. The molecule has 6 N–H and O–H groups in total. The van der Waals surface area contributed by atoms with Gasteiger partial charge in [-0.15, -0.1) is 0 Å². The van der Waals surface area contributed by atoms with E-state index in [0.29, 0.717) is 32.4 Å². The van der Waals surface area contributed by atoms with Crippen LogP contribution in [0.5, 0.6) is 0 Å². The highest BCUT2D eigenvalue weighted by Crippen LogP contribution is 2.15. The van der Waals surface area contributed by atoms with Crippen molar-refractivity contribution in [1.82, 2.24) is 26.2 Å². The Hall–Kier alpha value is -3.71. The van der Waals surface area contributed by atoms with E-state index in [1.165, 1.54) is 0 Å². The largest absolute Gasteiger partial charge is 0.481 e. The smallest absolute Gasteiger partial charge is 0.326 e. The molecule has 0 radical (unpaired) electrons. The number of carboxylic acids is 2. The van der Waals surface area contributed by atoms with Crippen LogP contribution in [0, 0.1) is 17.8 Å². The zero-order chi connectivity index (χ0) is 33.6. The molecule has 1 aliphatic heterocycles. The molecule has 1 saturated heterocycles. The zero-order valence-electron chi connectivity index (χ0n) is 26.8. The fraction of sp³-hybridized carbons (Fsp3) is 0.767. The van der Waals surface area contributed by atoms with Crippen molar-refractivity contribution in [3.63, 3.8) is 0 Å². The summed E-state index contributed by atoms with van der Waals surface area (Å²) < 4.78 is 0. The summed E-state index contributed by atoms with van der Waals surface area (Å²) in [5, 5.41) is 28.9. The molecule has 5 amide bonds. The Balaban J connectivity index is 3.29. The first kappa shape index (κ1) is 38.3. The zero-order valence-corrected chi connectivity index (χ0v) is 26.8. The molecular weight excluding hydrogens is 574 g/mol. The Morgan fingerprint density at radius 3 is 1.61 bits per heavy atom. The summed E-state index contributed by atoms with van der Waals surface area (Å²) in [7, 11) is 0. The summed E-state index contributed by atoms with van der Waals surface area (Å²) in [6.07, 6.45) is 1.97. The van der Waals surface area contributed by atoms with Gasteiger partial charge in [0.25, 0.3) is 0 Å². The summed E-state index contributed by atoms with van der Waals surface area (Å²) in [6.45, 7) is 11.8. The van der Waals surface area contributed by atoms with Crippen LogP contribution >= 0.6 is 0 Å². The third kappa shape index (κ3) is 12.5. The molecule has 0 aromatic carbocycles. The number of nitrogens with one attached hydrogen (secondary N) is 4. The van der Waals surface area contributed by atoms with Gasteiger partial charge in [0.2, 0.25) is 29.5 Å². The summed E-state index contributed by atoms with van der Waals surface area (Å²) >= 11 is 0. The Labute approximate surface area is 259 Å². The van der Waals surface area contributed by atoms with Gasteiger partial charge in [0.15, 0.2) is 0 Å². The van der Waals surface area contributed by atoms with Gasteiger partial charge in [0.05, 0.1) is 12.8 Å². The lowest BCUT2D eigenvalue weighted by Crippen LogP contribution is -2.59. The second-order valence-electron chi connectivity index (χ2n) is 11.9. The Morgan fingerprint density at radius 1 is 0.659 bits per heavy atom. The molecule has 0 saturated carbocycles. The molecule has 1 heterocycles. The lowest BCUT2D eigenvalue weighted by Gasteiger charge is -2.29. The fourth-order valence-corrected chi connectivity index (χ4v) is 4.99. The van der Waals surface area contributed by atoms with E-state index in [2.05, 4.69) is 21.3 Å². The minimum absolute atomic E-state index is 0.0669. The summed E-state index contributed by atoms with van der Waals surface area (Å²) in [5.74, 6) is -6.94. The summed E-state index contributed by atoms with van der Waals surface area (Å²) in [4.78, 5) is 90.8. The van der Waals surface area contributed by atoms with Crippen LogP contribution in [0.3, 0.4) is 0 Å². The van der Waals surface area contributed by atoms with E-state index in [9.17, 15) is 43.8 Å². The summed E-state index contributed by atoms with van der Waals surface area (Å²) in [5.41, 5.74) is 0. The van der Waals surface area contributed by atoms with Crippen molar-refractivity contribution < 1.29 is 43.8 Å². The van der Waals surface area contributed by atoms with Gasteiger partial charge >= 0.3 is 11.9 Å². The van der Waals surface area contributed by atoms with Gasteiger partial charge in [0, 0.05) is 19.0 Å². The molecule has 250 valence electrons. The first-order valence-electron chi connectivity index (χ1n) is 15.6. The van der Waals surface area contributed by atoms with E-state index in [1.807, 2.05) is 20.8 Å². The van der Waals surface area contributed by atoms with Crippen LogP contribution in [0.15, 0.2) is 0 Å². The molecular formula is C30H51N5O9. The van der Waals surface area contributed by atoms with Crippen molar-refractivity contribution >= 4 is 41.5 Å². The summed E-state index contributed by atoms with van der Waals surface area (Å²) in [6, 6.07) is -5.52. The van der Waals surface area contributed by atoms with Crippen LogP contribution in [-0.4, -0.2) is 93.8 Å². The van der Waals surface area contributed by atoms with E-state index in [4.69, 9.17) is 0 Å².